The summed E-state index contributed by atoms with van der Waals surface area (Å²) in [4.78, 5) is 33.2. The van der Waals surface area contributed by atoms with E-state index in [2.05, 4.69) is 10.7 Å². The minimum atomic E-state index is -1.02. The van der Waals surface area contributed by atoms with Gasteiger partial charge in [-0.05, 0) is 0 Å². The number of nitrogens with zero attached hydrogens (tertiary/aromatic N) is 1. The van der Waals surface area contributed by atoms with Crippen LogP contribution >= 0.6 is 0 Å². The predicted molar refractivity (Wildman–Crippen MR) is 44.5 cm³/mol. The van der Waals surface area contributed by atoms with Crippen molar-refractivity contribution < 1.29 is 14.5 Å². The van der Waals surface area contributed by atoms with Crippen LogP contribution in [-0.4, -0.2) is 21.8 Å². The topological polar surface area (TPSA) is 131 Å². The molecule has 1 rings (SSSR count). The Morgan fingerprint density at radius 2 is 2.21 bits per heavy atom. The molecule has 1 aromatic heterocycles. The monoisotopic (exact) mass is 198 g/mol. The molecule has 4 N–H and O–H groups in total. The van der Waals surface area contributed by atoms with Crippen molar-refractivity contribution in [3.63, 3.8) is 0 Å². The molecule has 0 fully saturated rings. The number of amides is 3. The lowest BCUT2D eigenvalue weighted by atomic mass is 10.4. The molecule has 74 valence electrons. The molecule has 0 aliphatic rings. The van der Waals surface area contributed by atoms with E-state index in [1.165, 1.54) is 0 Å². The van der Waals surface area contributed by atoms with Gasteiger partial charge < -0.3 is 10.7 Å². The SMILES string of the molecule is NC(=O)NC(=O)c1cc([N+](=O)[O-])c[nH]1. The summed E-state index contributed by atoms with van der Waals surface area (Å²) in [6.07, 6.45) is 1.04. The number of urea groups is 1. The highest BCUT2D eigenvalue weighted by atomic mass is 16.6. The van der Waals surface area contributed by atoms with Crippen LogP contribution in [0, 0.1) is 10.1 Å². The molecule has 8 heteroatoms. The lowest BCUT2D eigenvalue weighted by Crippen LogP contribution is -2.35. The molecule has 3 amide bonds. The van der Waals surface area contributed by atoms with E-state index in [1.54, 1.807) is 5.32 Å². The first-order valence-electron chi connectivity index (χ1n) is 3.44. The standard InChI is InChI=1S/C6H6N4O4/c7-6(12)9-5(11)4-1-3(2-8-4)10(13)14/h1-2,8H,(H3,7,9,11,12). The third-order valence-corrected chi connectivity index (χ3v) is 1.36. The van der Waals surface area contributed by atoms with E-state index in [1.807, 2.05) is 0 Å². The van der Waals surface area contributed by atoms with Crippen molar-refractivity contribution in [2.75, 3.05) is 0 Å². The van der Waals surface area contributed by atoms with Gasteiger partial charge in [0.2, 0.25) is 0 Å². The second-order valence-electron chi connectivity index (χ2n) is 2.35. The molecule has 0 aromatic carbocycles. The van der Waals surface area contributed by atoms with Crippen LogP contribution in [0.5, 0.6) is 0 Å². The van der Waals surface area contributed by atoms with Crippen molar-refractivity contribution in [1.29, 1.82) is 0 Å². The lowest BCUT2D eigenvalue weighted by Gasteiger charge is -1.95. The summed E-state index contributed by atoms with van der Waals surface area (Å²) in [6.45, 7) is 0. The van der Waals surface area contributed by atoms with Gasteiger partial charge in [-0.1, -0.05) is 0 Å². The Hall–Kier alpha value is -2.38. The summed E-state index contributed by atoms with van der Waals surface area (Å²) in [7, 11) is 0. The van der Waals surface area contributed by atoms with E-state index in [0.29, 0.717) is 0 Å². The highest BCUT2D eigenvalue weighted by molar-refractivity contribution is 6.03. The number of carbonyl (C=O) groups is 2. The number of nitrogens with one attached hydrogen (secondary N) is 2. The number of primary amides is 1. The maximum Gasteiger partial charge on any atom is 0.319 e. The zero-order valence-corrected chi connectivity index (χ0v) is 6.81. The molecule has 14 heavy (non-hydrogen) atoms. The van der Waals surface area contributed by atoms with Crippen LogP contribution in [0.4, 0.5) is 10.5 Å². The normalized spacial score (nSPS) is 9.43. The number of H-pyrrole nitrogens is 1. The second-order valence-corrected chi connectivity index (χ2v) is 2.35. The highest BCUT2D eigenvalue weighted by Crippen LogP contribution is 2.11. The predicted octanol–water partition coefficient (Wildman–Crippen LogP) is -0.269. The van der Waals surface area contributed by atoms with Crippen LogP contribution in [0.3, 0.4) is 0 Å². The van der Waals surface area contributed by atoms with E-state index < -0.39 is 16.9 Å². The number of rotatable bonds is 2. The van der Waals surface area contributed by atoms with Gasteiger partial charge in [0.25, 0.3) is 11.6 Å². The molecule has 1 aromatic rings. The Bertz CT molecular complexity index is 396. The van der Waals surface area contributed by atoms with Gasteiger partial charge in [0.15, 0.2) is 0 Å². The Morgan fingerprint density at radius 1 is 1.57 bits per heavy atom. The van der Waals surface area contributed by atoms with E-state index in [4.69, 9.17) is 0 Å². The van der Waals surface area contributed by atoms with E-state index in [0.717, 1.165) is 12.3 Å². The Morgan fingerprint density at radius 3 is 2.64 bits per heavy atom. The number of imide groups is 1. The Labute approximate surface area is 77.2 Å². The molecule has 8 nitrogen and oxygen atoms in total. The second kappa shape index (κ2) is 3.56. The van der Waals surface area contributed by atoms with Crippen molar-refractivity contribution in [3.8, 4) is 0 Å². The summed E-state index contributed by atoms with van der Waals surface area (Å²) >= 11 is 0. The molecule has 0 saturated carbocycles. The van der Waals surface area contributed by atoms with Crippen molar-refractivity contribution >= 4 is 17.6 Å². The number of aromatic nitrogens is 1. The average Bonchev–Trinajstić information content (AvgIpc) is 2.50. The molecule has 0 radical (unpaired) electrons. The summed E-state index contributed by atoms with van der Waals surface area (Å²) in [5.41, 5.74) is 4.31. The van der Waals surface area contributed by atoms with Crippen molar-refractivity contribution in [2.24, 2.45) is 5.73 Å². The van der Waals surface area contributed by atoms with Crippen LogP contribution in [0.1, 0.15) is 10.5 Å². The van der Waals surface area contributed by atoms with Gasteiger partial charge in [0, 0.05) is 6.07 Å². The van der Waals surface area contributed by atoms with Crippen LogP contribution < -0.4 is 11.1 Å². The van der Waals surface area contributed by atoms with Crippen molar-refractivity contribution in [3.05, 3.63) is 28.1 Å². The average molecular weight is 198 g/mol. The van der Waals surface area contributed by atoms with Gasteiger partial charge in [-0.25, -0.2) is 4.79 Å². The molecular formula is C6H6N4O4. The molecule has 1 heterocycles. The smallest absolute Gasteiger partial charge is 0.319 e. The van der Waals surface area contributed by atoms with Crippen LogP contribution in [0.15, 0.2) is 12.3 Å². The summed E-state index contributed by atoms with van der Waals surface area (Å²) < 4.78 is 0. The minimum absolute atomic E-state index is 0.101. The number of nitro groups is 1. The van der Waals surface area contributed by atoms with Crippen molar-refractivity contribution in [1.82, 2.24) is 10.3 Å². The lowest BCUT2D eigenvalue weighted by molar-refractivity contribution is -0.384. The molecular weight excluding hydrogens is 192 g/mol. The largest absolute Gasteiger partial charge is 0.351 e. The van der Waals surface area contributed by atoms with E-state index in [9.17, 15) is 19.7 Å². The molecule has 0 aliphatic heterocycles. The Kier molecular flexibility index (Phi) is 2.47. The van der Waals surface area contributed by atoms with Gasteiger partial charge >= 0.3 is 6.03 Å². The van der Waals surface area contributed by atoms with Gasteiger partial charge in [0.05, 0.1) is 11.1 Å². The molecule has 0 unspecified atom stereocenters. The number of hydrogen-bond acceptors (Lipinski definition) is 4. The first-order chi connectivity index (χ1) is 6.50. The van der Waals surface area contributed by atoms with Crippen molar-refractivity contribution in [2.45, 2.75) is 0 Å². The maximum atomic E-state index is 11.0. The molecule has 0 saturated heterocycles. The van der Waals surface area contributed by atoms with Gasteiger partial charge in [0.1, 0.15) is 5.69 Å². The number of carbonyl (C=O) groups excluding carboxylic acids is 2. The summed E-state index contributed by atoms with van der Waals surface area (Å²) in [5.74, 6) is -0.814. The quantitative estimate of drug-likeness (QED) is 0.445. The van der Waals surface area contributed by atoms with Gasteiger partial charge in [-0.2, -0.15) is 0 Å². The first-order valence-corrected chi connectivity index (χ1v) is 3.44. The molecule has 0 bridgehead atoms. The third kappa shape index (κ3) is 2.06. The van der Waals surface area contributed by atoms with Crippen LogP contribution in [-0.2, 0) is 0 Å². The van der Waals surface area contributed by atoms with Gasteiger partial charge in [-0.15, -0.1) is 0 Å². The first kappa shape index (κ1) is 9.71. The minimum Gasteiger partial charge on any atom is -0.351 e. The number of hydrogen-bond donors (Lipinski definition) is 3. The Balaban J connectivity index is 2.81. The maximum absolute atomic E-state index is 11.0. The van der Waals surface area contributed by atoms with Crippen LogP contribution in [0.2, 0.25) is 0 Å². The summed E-state index contributed by atoms with van der Waals surface area (Å²) in [5, 5.41) is 12.0. The number of aromatic amines is 1. The van der Waals surface area contributed by atoms with E-state index in [-0.39, 0.29) is 11.4 Å². The third-order valence-electron chi connectivity index (χ3n) is 1.36. The van der Waals surface area contributed by atoms with Crippen LogP contribution in [0.25, 0.3) is 0 Å². The zero-order chi connectivity index (χ0) is 10.7. The molecule has 0 aliphatic carbocycles. The molecule has 0 atom stereocenters. The fourth-order valence-electron chi connectivity index (χ4n) is 0.799. The summed E-state index contributed by atoms with van der Waals surface area (Å²) in [6, 6.07) is -0.0228. The number of nitrogens with two attached hydrogens (primary N) is 1. The molecule has 0 spiro atoms. The highest BCUT2D eigenvalue weighted by Gasteiger charge is 2.14. The van der Waals surface area contributed by atoms with Gasteiger partial charge in [-0.3, -0.25) is 20.2 Å². The fraction of sp³-hybridized carbons (Fsp3) is 0. The fourth-order valence-corrected chi connectivity index (χ4v) is 0.799. The zero-order valence-electron chi connectivity index (χ0n) is 6.81. The van der Waals surface area contributed by atoms with E-state index >= 15 is 0 Å².